The Morgan fingerprint density at radius 1 is 1.50 bits per heavy atom. The molecular weight excluding hydrogens is 174 g/mol. The molecule has 0 atom stereocenters. The second kappa shape index (κ2) is 4.27. The fraction of sp³-hybridized carbons (Fsp3) is 0.417. The third-order valence-corrected chi connectivity index (χ3v) is 2.12. The summed E-state index contributed by atoms with van der Waals surface area (Å²) in [6, 6.07) is 3.61. The molecule has 2 heteroatoms. The van der Waals surface area contributed by atoms with Gasteiger partial charge in [-0.05, 0) is 30.4 Å². The summed E-state index contributed by atoms with van der Waals surface area (Å²) in [7, 11) is 0. The second-order valence-corrected chi connectivity index (χ2v) is 4.23. The van der Waals surface area contributed by atoms with E-state index in [-0.39, 0.29) is 11.0 Å². The van der Waals surface area contributed by atoms with Crippen molar-refractivity contribution in [1.29, 1.82) is 0 Å². The molecule has 0 radical (unpaired) electrons. The highest BCUT2D eigenvalue weighted by Gasteiger charge is 2.13. The van der Waals surface area contributed by atoms with Crippen LogP contribution in [-0.2, 0) is 6.42 Å². The summed E-state index contributed by atoms with van der Waals surface area (Å²) in [5.41, 5.74) is 1.17. The molecule has 0 aromatic carbocycles. The van der Waals surface area contributed by atoms with E-state index in [1.165, 1.54) is 0 Å². The van der Waals surface area contributed by atoms with Gasteiger partial charge in [0.2, 0.25) is 5.56 Å². The summed E-state index contributed by atoms with van der Waals surface area (Å²) in [4.78, 5) is 13.7. The van der Waals surface area contributed by atoms with Crippen molar-refractivity contribution in [2.24, 2.45) is 5.41 Å². The van der Waals surface area contributed by atoms with Crippen LogP contribution in [0.3, 0.4) is 0 Å². The summed E-state index contributed by atoms with van der Waals surface area (Å²) in [5, 5.41) is 0. The topological polar surface area (TPSA) is 32.9 Å². The largest absolute Gasteiger partial charge is 0.329 e. The average Bonchev–Trinajstić information content (AvgIpc) is 2.02. The van der Waals surface area contributed by atoms with Crippen molar-refractivity contribution in [1.82, 2.24) is 4.98 Å². The van der Waals surface area contributed by atoms with Crippen LogP contribution < -0.4 is 5.56 Å². The zero-order valence-electron chi connectivity index (χ0n) is 9.00. The molecule has 0 bridgehead atoms. The van der Waals surface area contributed by atoms with Gasteiger partial charge >= 0.3 is 0 Å². The predicted molar refractivity (Wildman–Crippen MR) is 59.4 cm³/mol. The van der Waals surface area contributed by atoms with Gasteiger partial charge < -0.3 is 4.98 Å². The normalized spacial score (nSPS) is 12.2. The maximum atomic E-state index is 11.1. The zero-order valence-corrected chi connectivity index (χ0v) is 9.00. The molecule has 14 heavy (non-hydrogen) atoms. The number of hydrogen-bond donors (Lipinski definition) is 1. The first-order valence-electron chi connectivity index (χ1n) is 4.85. The van der Waals surface area contributed by atoms with Crippen LogP contribution in [0.25, 0.3) is 0 Å². The highest BCUT2D eigenvalue weighted by molar-refractivity contribution is 5.14. The summed E-state index contributed by atoms with van der Waals surface area (Å²) >= 11 is 0. The quantitative estimate of drug-likeness (QED) is 0.732. The van der Waals surface area contributed by atoms with Crippen LogP contribution in [0.4, 0.5) is 0 Å². The van der Waals surface area contributed by atoms with E-state index in [1.807, 2.05) is 19.1 Å². The molecule has 0 fully saturated rings. The van der Waals surface area contributed by atoms with Gasteiger partial charge in [0, 0.05) is 12.3 Å². The molecule has 0 aliphatic heterocycles. The van der Waals surface area contributed by atoms with Gasteiger partial charge in [-0.25, -0.2) is 0 Å². The van der Waals surface area contributed by atoms with Gasteiger partial charge in [-0.2, -0.15) is 0 Å². The van der Waals surface area contributed by atoms with Crippen molar-refractivity contribution in [3.8, 4) is 0 Å². The van der Waals surface area contributed by atoms with E-state index in [1.54, 1.807) is 12.3 Å². The van der Waals surface area contributed by atoms with Crippen molar-refractivity contribution in [3.63, 3.8) is 0 Å². The molecule has 76 valence electrons. The fourth-order valence-electron chi connectivity index (χ4n) is 1.64. The minimum absolute atomic E-state index is 0.0289. The zero-order chi connectivity index (χ0) is 10.6. The molecule has 0 aliphatic rings. The third kappa shape index (κ3) is 3.21. The van der Waals surface area contributed by atoms with Crippen molar-refractivity contribution in [2.45, 2.75) is 27.2 Å². The number of aromatic amines is 1. The molecule has 0 amide bonds. The van der Waals surface area contributed by atoms with Crippen LogP contribution in [0.1, 0.15) is 26.3 Å². The monoisotopic (exact) mass is 191 g/mol. The van der Waals surface area contributed by atoms with E-state index < -0.39 is 0 Å². The summed E-state index contributed by atoms with van der Waals surface area (Å²) in [5.74, 6) is 0. The number of nitrogens with one attached hydrogen (secondary N) is 1. The molecule has 0 saturated heterocycles. The van der Waals surface area contributed by atoms with Crippen LogP contribution in [-0.4, -0.2) is 4.98 Å². The highest BCUT2D eigenvalue weighted by Crippen LogP contribution is 2.22. The molecule has 0 spiro atoms. The minimum atomic E-state index is -0.0289. The Morgan fingerprint density at radius 3 is 2.79 bits per heavy atom. The van der Waals surface area contributed by atoms with Crippen molar-refractivity contribution in [2.75, 3.05) is 0 Å². The molecule has 1 aromatic heterocycles. The fourth-order valence-corrected chi connectivity index (χ4v) is 1.64. The van der Waals surface area contributed by atoms with Crippen molar-refractivity contribution in [3.05, 3.63) is 46.4 Å². The first-order valence-corrected chi connectivity index (χ1v) is 4.85. The lowest BCUT2D eigenvalue weighted by molar-refractivity contribution is 0.477. The van der Waals surface area contributed by atoms with Crippen LogP contribution in [0, 0.1) is 5.41 Å². The van der Waals surface area contributed by atoms with E-state index in [0.29, 0.717) is 0 Å². The molecule has 0 saturated carbocycles. The third-order valence-electron chi connectivity index (χ3n) is 2.12. The highest BCUT2D eigenvalue weighted by atomic mass is 16.1. The number of pyridine rings is 1. The Bertz CT molecular complexity index is 374. The number of rotatable bonds is 3. The van der Waals surface area contributed by atoms with E-state index in [4.69, 9.17) is 0 Å². The van der Waals surface area contributed by atoms with Crippen molar-refractivity contribution < 1.29 is 0 Å². The van der Waals surface area contributed by atoms with Crippen LogP contribution in [0.5, 0.6) is 0 Å². The van der Waals surface area contributed by atoms with Gasteiger partial charge in [0.15, 0.2) is 0 Å². The lowest BCUT2D eigenvalue weighted by Crippen LogP contribution is -2.13. The Hall–Kier alpha value is -1.31. The van der Waals surface area contributed by atoms with E-state index in [0.717, 1.165) is 12.0 Å². The van der Waals surface area contributed by atoms with E-state index in [9.17, 15) is 4.79 Å². The number of hydrogen-bond acceptors (Lipinski definition) is 1. The van der Waals surface area contributed by atoms with E-state index >= 15 is 0 Å². The Balaban J connectivity index is 2.83. The SMILES string of the molecule is C/C=C\C(C)(C)Cc1cc[nH]c(=O)c1. The molecule has 1 heterocycles. The van der Waals surface area contributed by atoms with Gasteiger partial charge in [0.1, 0.15) is 0 Å². The number of aromatic nitrogens is 1. The predicted octanol–water partition coefficient (Wildman–Crippen LogP) is 2.52. The molecule has 0 unspecified atom stereocenters. The molecule has 1 N–H and O–H groups in total. The number of H-pyrrole nitrogens is 1. The van der Waals surface area contributed by atoms with Gasteiger partial charge in [-0.15, -0.1) is 0 Å². The smallest absolute Gasteiger partial charge is 0.248 e. The second-order valence-electron chi connectivity index (χ2n) is 4.23. The van der Waals surface area contributed by atoms with Gasteiger partial charge in [0.25, 0.3) is 0 Å². The Kier molecular flexibility index (Phi) is 3.28. The first-order chi connectivity index (χ1) is 6.53. The lowest BCUT2D eigenvalue weighted by Gasteiger charge is -2.19. The van der Waals surface area contributed by atoms with Crippen LogP contribution in [0.15, 0.2) is 35.3 Å². The first kappa shape index (κ1) is 10.8. The summed E-state index contributed by atoms with van der Waals surface area (Å²) in [6.07, 6.45) is 6.80. The molecule has 1 aromatic rings. The van der Waals surface area contributed by atoms with Crippen molar-refractivity contribution >= 4 is 0 Å². The number of allylic oxidation sites excluding steroid dienone is 2. The summed E-state index contributed by atoms with van der Waals surface area (Å²) in [6.45, 7) is 6.34. The van der Waals surface area contributed by atoms with Gasteiger partial charge in [0.05, 0.1) is 0 Å². The molecular formula is C12H17NO. The summed E-state index contributed by atoms with van der Waals surface area (Å²) < 4.78 is 0. The lowest BCUT2D eigenvalue weighted by atomic mass is 9.86. The van der Waals surface area contributed by atoms with Crippen LogP contribution in [0.2, 0.25) is 0 Å². The minimum Gasteiger partial charge on any atom is -0.329 e. The van der Waals surface area contributed by atoms with E-state index in [2.05, 4.69) is 24.9 Å². The molecule has 1 rings (SSSR count). The van der Waals surface area contributed by atoms with Crippen LogP contribution >= 0.6 is 0 Å². The standard InChI is InChI=1S/C12H17NO/c1-4-6-12(2,3)9-10-5-7-13-11(14)8-10/h4-8H,9H2,1-3H3,(H,13,14)/b6-4-. The molecule has 0 aliphatic carbocycles. The maximum absolute atomic E-state index is 11.1. The average molecular weight is 191 g/mol. The molecule has 2 nitrogen and oxygen atoms in total. The Labute approximate surface area is 84.7 Å². The Morgan fingerprint density at radius 2 is 2.21 bits per heavy atom. The van der Waals surface area contributed by atoms with Gasteiger partial charge in [-0.1, -0.05) is 26.0 Å². The van der Waals surface area contributed by atoms with Gasteiger partial charge in [-0.3, -0.25) is 4.79 Å². The maximum Gasteiger partial charge on any atom is 0.248 e.